The highest BCUT2D eigenvalue weighted by Crippen LogP contribution is 2.13. The fourth-order valence-corrected chi connectivity index (χ4v) is 1.67. The summed E-state index contributed by atoms with van der Waals surface area (Å²) >= 11 is 0. The first-order valence-corrected chi connectivity index (χ1v) is 5.07. The molecule has 1 fully saturated rings. The van der Waals surface area contributed by atoms with Crippen LogP contribution in [0.1, 0.15) is 18.4 Å². The lowest BCUT2D eigenvalue weighted by Gasteiger charge is -2.25. The summed E-state index contributed by atoms with van der Waals surface area (Å²) in [6.07, 6.45) is 2.40. The van der Waals surface area contributed by atoms with Crippen LogP contribution in [0.5, 0.6) is 0 Å². The van der Waals surface area contributed by atoms with Crippen molar-refractivity contribution in [3.05, 3.63) is 29.8 Å². The average Bonchev–Trinajstić information content (AvgIpc) is 2.19. The summed E-state index contributed by atoms with van der Waals surface area (Å²) < 4.78 is 0. The minimum atomic E-state index is 0.819. The summed E-state index contributed by atoms with van der Waals surface area (Å²) in [6.45, 7) is 2.71. The smallest absolute Gasteiger partial charge is 0.0685 e. The Morgan fingerprint density at radius 1 is 1.36 bits per heavy atom. The van der Waals surface area contributed by atoms with E-state index in [1.807, 2.05) is 23.3 Å². The highest BCUT2D eigenvalue weighted by Gasteiger charge is 2.10. The molecule has 0 spiro atoms. The molecular weight excluding hydrogens is 176 g/mol. The Labute approximate surface area is 84.4 Å². The Hall–Kier alpha value is -1.06. The molecule has 1 aliphatic heterocycles. The molecule has 0 aliphatic carbocycles. The van der Waals surface area contributed by atoms with Crippen molar-refractivity contribution in [1.29, 1.82) is 0 Å². The maximum Gasteiger partial charge on any atom is 0.0685 e. The van der Waals surface area contributed by atoms with Crippen LogP contribution in [0.25, 0.3) is 0 Å². The van der Waals surface area contributed by atoms with Crippen LogP contribution >= 0.6 is 0 Å². The largest absolute Gasteiger partial charge is 0.399 e. The molecule has 3 nitrogen and oxygen atoms in total. The van der Waals surface area contributed by atoms with Gasteiger partial charge in [-0.25, -0.2) is 0 Å². The molecule has 0 aromatic heterocycles. The van der Waals surface area contributed by atoms with Gasteiger partial charge in [0.25, 0.3) is 0 Å². The van der Waals surface area contributed by atoms with E-state index in [-0.39, 0.29) is 0 Å². The molecular formula is C11H16N2O. The predicted molar refractivity (Wildman–Crippen MR) is 56.5 cm³/mol. The topological polar surface area (TPSA) is 38.5 Å². The molecule has 0 atom stereocenters. The average molecular weight is 192 g/mol. The molecule has 0 bridgehead atoms. The zero-order chi connectivity index (χ0) is 9.80. The van der Waals surface area contributed by atoms with Crippen LogP contribution in [0, 0.1) is 0 Å². The van der Waals surface area contributed by atoms with Crippen LogP contribution in [-0.4, -0.2) is 18.2 Å². The molecule has 1 aliphatic rings. The molecule has 0 saturated carbocycles. The maximum absolute atomic E-state index is 5.70. The Balaban J connectivity index is 1.95. The molecule has 14 heavy (non-hydrogen) atoms. The Morgan fingerprint density at radius 2 is 2.29 bits per heavy atom. The molecule has 1 saturated heterocycles. The molecule has 3 heteroatoms. The van der Waals surface area contributed by atoms with Gasteiger partial charge < -0.3 is 5.73 Å². The van der Waals surface area contributed by atoms with Crippen molar-refractivity contribution in [1.82, 2.24) is 5.06 Å². The molecule has 2 rings (SSSR count). The van der Waals surface area contributed by atoms with E-state index in [0.717, 1.165) is 25.4 Å². The van der Waals surface area contributed by atoms with Crippen LogP contribution in [0.15, 0.2) is 24.3 Å². The number of nitrogen functional groups attached to an aromatic ring is 1. The summed E-state index contributed by atoms with van der Waals surface area (Å²) in [5, 5.41) is 2.01. The number of hydroxylamine groups is 2. The lowest BCUT2D eigenvalue weighted by atomic mass is 10.2. The van der Waals surface area contributed by atoms with Gasteiger partial charge in [0.2, 0.25) is 0 Å². The first-order valence-electron chi connectivity index (χ1n) is 5.07. The highest BCUT2D eigenvalue weighted by atomic mass is 16.7. The second-order valence-electron chi connectivity index (χ2n) is 3.65. The van der Waals surface area contributed by atoms with E-state index < -0.39 is 0 Å². The minimum absolute atomic E-state index is 0.819. The molecule has 1 aromatic carbocycles. The van der Waals surface area contributed by atoms with Crippen molar-refractivity contribution < 1.29 is 4.84 Å². The summed E-state index contributed by atoms with van der Waals surface area (Å²) in [5.74, 6) is 0. The molecule has 76 valence electrons. The number of rotatable bonds is 2. The van der Waals surface area contributed by atoms with Gasteiger partial charge in [0.1, 0.15) is 0 Å². The summed E-state index contributed by atoms with van der Waals surface area (Å²) in [4.78, 5) is 5.51. The van der Waals surface area contributed by atoms with Gasteiger partial charge >= 0.3 is 0 Å². The van der Waals surface area contributed by atoms with Gasteiger partial charge in [-0.3, -0.25) is 4.84 Å². The Morgan fingerprint density at radius 3 is 3.00 bits per heavy atom. The van der Waals surface area contributed by atoms with Gasteiger partial charge in [-0.05, 0) is 30.5 Å². The molecule has 2 N–H and O–H groups in total. The van der Waals surface area contributed by atoms with E-state index in [9.17, 15) is 0 Å². The van der Waals surface area contributed by atoms with E-state index in [1.54, 1.807) is 0 Å². The van der Waals surface area contributed by atoms with Crippen molar-refractivity contribution in [3.63, 3.8) is 0 Å². The lowest BCUT2D eigenvalue weighted by molar-refractivity contribution is -0.187. The highest BCUT2D eigenvalue weighted by molar-refractivity contribution is 5.40. The first kappa shape index (κ1) is 9.49. The van der Waals surface area contributed by atoms with Gasteiger partial charge in [-0.2, -0.15) is 5.06 Å². The van der Waals surface area contributed by atoms with E-state index in [1.165, 1.54) is 18.4 Å². The minimum Gasteiger partial charge on any atom is -0.399 e. The molecule has 0 radical (unpaired) electrons. The SMILES string of the molecule is Nc1cccc(CN2CCCCO2)c1. The molecule has 1 heterocycles. The fraction of sp³-hybridized carbons (Fsp3) is 0.455. The number of benzene rings is 1. The molecule has 0 unspecified atom stereocenters. The van der Waals surface area contributed by atoms with E-state index in [2.05, 4.69) is 6.07 Å². The Kier molecular flexibility index (Phi) is 3.01. The Bertz CT molecular complexity index is 295. The van der Waals surface area contributed by atoms with Crippen LogP contribution in [0.2, 0.25) is 0 Å². The van der Waals surface area contributed by atoms with Gasteiger partial charge in [-0.1, -0.05) is 12.1 Å². The van der Waals surface area contributed by atoms with Crippen LogP contribution in [0.4, 0.5) is 5.69 Å². The van der Waals surface area contributed by atoms with Crippen molar-refractivity contribution >= 4 is 5.69 Å². The quantitative estimate of drug-likeness (QED) is 0.726. The standard InChI is InChI=1S/C11H16N2O/c12-11-5-3-4-10(8-11)9-13-6-1-2-7-14-13/h3-5,8H,1-2,6-7,9,12H2. The number of hydrogen-bond acceptors (Lipinski definition) is 3. The summed E-state index contributed by atoms with van der Waals surface area (Å²) in [5.41, 5.74) is 7.74. The predicted octanol–water partition coefficient (Wildman–Crippen LogP) is 1.80. The summed E-state index contributed by atoms with van der Waals surface area (Å²) in [6, 6.07) is 7.96. The van der Waals surface area contributed by atoms with Crippen molar-refractivity contribution in [2.75, 3.05) is 18.9 Å². The maximum atomic E-state index is 5.70. The molecule has 0 amide bonds. The monoisotopic (exact) mass is 192 g/mol. The third kappa shape index (κ3) is 2.47. The van der Waals surface area contributed by atoms with Crippen LogP contribution < -0.4 is 5.73 Å². The van der Waals surface area contributed by atoms with Gasteiger partial charge in [0, 0.05) is 18.8 Å². The zero-order valence-corrected chi connectivity index (χ0v) is 8.28. The van der Waals surface area contributed by atoms with Crippen LogP contribution in [-0.2, 0) is 11.4 Å². The van der Waals surface area contributed by atoms with E-state index in [4.69, 9.17) is 10.6 Å². The number of nitrogens with zero attached hydrogens (tertiary/aromatic N) is 1. The second kappa shape index (κ2) is 4.44. The zero-order valence-electron chi connectivity index (χ0n) is 8.28. The number of nitrogens with two attached hydrogens (primary N) is 1. The van der Waals surface area contributed by atoms with Crippen molar-refractivity contribution in [3.8, 4) is 0 Å². The van der Waals surface area contributed by atoms with Gasteiger partial charge in [0.15, 0.2) is 0 Å². The first-order chi connectivity index (χ1) is 6.84. The third-order valence-electron chi connectivity index (χ3n) is 2.39. The summed E-state index contributed by atoms with van der Waals surface area (Å²) in [7, 11) is 0. The van der Waals surface area contributed by atoms with Crippen LogP contribution in [0.3, 0.4) is 0 Å². The lowest BCUT2D eigenvalue weighted by Crippen LogP contribution is -2.29. The normalized spacial score (nSPS) is 18.3. The second-order valence-corrected chi connectivity index (χ2v) is 3.65. The third-order valence-corrected chi connectivity index (χ3v) is 2.39. The van der Waals surface area contributed by atoms with E-state index in [0.29, 0.717) is 0 Å². The fourth-order valence-electron chi connectivity index (χ4n) is 1.67. The van der Waals surface area contributed by atoms with Gasteiger partial charge in [0.05, 0.1) is 6.61 Å². The van der Waals surface area contributed by atoms with Gasteiger partial charge in [-0.15, -0.1) is 0 Å². The van der Waals surface area contributed by atoms with Crippen molar-refractivity contribution in [2.24, 2.45) is 0 Å². The van der Waals surface area contributed by atoms with E-state index >= 15 is 0 Å². The molecule has 1 aromatic rings. The van der Waals surface area contributed by atoms with Crippen molar-refractivity contribution in [2.45, 2.75) is 19.4 Å². The number of hydrogen-bond donors (Lipinski definition) is 1. The number of anilines is 1.